The Bertz CT molecular complexity index is 1350. The van der Waals surface area contributed by atoms with E-state index < -0.39 is 6.09 Å². The molecular weight excluding hydrogens is 490 g/mol. The molecule has 0 spiro atoms. The lowest BCUT2D eigenvalue weighted by Crippen LogP contribution is -2.23. The van der Waals surface area contributed by atoms with E-state index in [1.54, 1.807) is 19.1 Å². The van der Waals surface area contributed by atoms with Gasteiger partial charge in [-0.3, -0.25) is 0 Å². The molecule has 6 nitrogen and oxygen atoms in total. The zero-order valence-corrected chi connectivity index (χ0v) is 22.6. The van der Waals surface area contributed by atoms with Gasteiger partial charge in [0, 0.05) is 12.0 Å². The van der Waals surface area contributed by atoms with E-state index in [1.165, 1.54) is 5.56 Å². The Morgan fingerprint density at radius 1 is 0.744 bits per heavy atom. The van der Waals surface area contributed by atoms with Gasteiger partial charge in [0.15, 0.2) is 0 Å². The van der Waals surface area contributed by atoms with Crippen LogP contribution in [0, 0.1) is 0 Å². The fourth-order valence-corrected chi connectivity index (χ4v) is 4.22. The first kappa shape index (κ1) is 27.6. The standard InChI is InChI=1S/C33H35NO5/c1-4-37-32(36)34-21-24-8-16-30(17-9-24)38-22-25-6-5-7-26(20-25)23-39-31-18-12-28(13-19-31)33(2,3)27-10-14-29(35)15-11-27/h5-20,35H,4,21-23H2,1-3H3,(H,34,36). The quantitative estimate of drug-likeness (QED) is 0.218. The summed E-state index contributed by atoms with van der Waals surface area (Å²) < 4.78 is 16.9. The highest BCUT2D eigenvalue weighted by molar-refractivity contribution is 5.67. The number of carbonyl (C=O) groups is 1. The van der Waals surface area contributed by atoms with E-state index in [9.17, 15) is 9.90 Å². The highest BCUT2D eigenvalue weighted by Gasteiger charge is 2.23. The Morgan fingerprint density at radius 2 is 1.26 bits per heavy atom. The van der Waals surface area contributed by atoms with E-state index in [2.05, 4.69) is 37.4 Å². The van der Waals surface area contributed by atoms with Gasteiger partial charge in [0.05, 0.1) is 6.61 Å². The Labute approximate surface area is 230 Å². The zero-order chi connectivity index (χ0) is 27.7. The molecule has 2 N–H and O–H groups in total. The molecule has 0 fully saturated rings. The maximum absolute atomic E-state index is 11.4. The largest absolute Gasteiger partial charge is 0.508 e. The first-order valence-electron chi connectivity index (χ1n) is 13.1. The van der Waals surface area contributed by atoms with Crippen LogP contribution in [0.2, 0.25) is 0 Å². The third kappa shape index (κ3) is 7.77. The Kier molecular flexibility index (Phi) is 9.10. The molecule has 0 aliphatic rings. The molecule has 4 aromatic carbocycles. The van der Waals surface area contributed by atoms with Gasteiger partial charge in [-0.15, -0.1) is 0 Å². The Hall–Kier alpha value is -4.45. The molecule has 0 aliphatic heterocycles. The number of benzene rings is 4. The number of aromatic hydroxyl groups is 1. The van der Waals surface area contributed by atoms with Crippen molar-refractivity contribution in [1.29, 1.82) is 0 Å². The second kappa shape index (κ2) is 12.9. The number of rotatable bonds is 11. The van der Waals surface area contributed by atoms with Gasteiger partial charge in [0.25, 0.3) is 0 Å². The minimum Gasteiger partial charge on any atom is -0.508 e. The summed E-state index contributed by atoms with van der Waals surface area (Å²) in [6.07, 6.45) is -0.423. The number of carbonyl (C=O) groups excluding carboxylic acids is 1. The lowest BCUT2D eigenvalue weighted by atomic mass is 9.78. The van der Waals surface area contributed by atoms with Crippen LogP contribution in [0.25, 0.3) is 0 Å². The van der Waals surface area contributed by atoms with Gasteiger partial charge in [-0.25, -0.2) is 4.79 Å². The molecule has 0 radical (unpaired) electrons. The molecule has 0 atom stereocenters. The summed E-state index contributed by atoms with van der Waals surface area (Å²) in [5.74, 6) is 1.83. The Balaban J connectivity index is 1.28. The molecule has 4 rings (SSSR count). The highest BCUT2D eigenvalue weighted by atomic mass is 16.5. The van der Waals surface area contributed by atoms with E-state index in [4.69, 9.17) is 14.2 Å². The van der Waals surface area contributed by atoms with Crippen molar-refractivity contribution in [1.82, 2.24) is 5.32 Å². The number of hydrogen-bond acceptors (Lipinski definition) is 5. The third-order valence-electron chi connectivity index (χ3n) is 6.60. The van der Waals surface area contributed by atoms with Crippen LogP contribution in [0.1, 0.15) is 48.6 Å². The van der Waals surface area contributed by atoms with E-state index >= 15 is 0 Å². The maximum atomic E-state index is 11.4. The topological polar surface area (TPSA) is 77.0 Å². The van der Waals surface area contributed by atoms with Crippen molar-refractivity contribution in [2.75, 3.05) is 6.61 Å². The lowest BCUT2D eigenvalue weighted by molar-refractivity contribution is 0.151. The van der Waals surface area contributed by atoms with Crippen LogP contribution in [-0.2, 0) is 29.9 Å². The average Bonchev–Trinajstić information content (AvgIpc) is 2.95. The predicted octanol–water partition coefficient (Wildman–Crippen LogP) is 7.12. The fourth-order valence-electron chi connectivity index (χ4n) is 4.22. The zero-order valence-electron chi connectivity index (χ0n) is 22.6. The molecule has 202 valence electrons. The molecule has 0 heterocycles. The summed E-state index contributed by atoms with van der Waals surface area (Å²) in [5, 5.41) is 12.3. The van der Waals surface area contributed by atoms with Crippen LogP contribution in [0.3, 0.4) is 0 Å². The number of ether oxygens (including phenoxy) is 3. The number of phenolic OH excluding ortho intramolecular Hbond substituents is 1. The fraction of sp³-hybridized carbons (Fsp3) is 0.242. The first-order valence-corrected chi connectivity index (χ1v) is 13.1. The van der Waals surface area contributed by atoms with Crippen molar-refractivity contribution in [2.45, 2.75) is 45.9 Å². The smallest absolute Gasteiger partial charge is 0.407 e. The van der Waals surface area contributed by atoms with Gasteiger partial charge in [-0.1, -0.05) is 68.4 Å². The molecule has 0 saturated heterocycles. The minimum absolute atomic E-state index is 0.194. The third-order valence-corrected chi connectivity index (χ3v) is 6.60. The molecule has 0 unspecified atom stereocenters. The van der Waals surface area contributed by atoms with Crippen LogP contribution < -0.4 is 14.8 Å². The average molecular weight is 526 g/mol. The van der Waals surface area contributed by atoms with Crippen molar-refractivity contribution in [3.05, 3.63) is 125 Å². The summed E-state index contributed by atoms with van der Waals surface area (Å²) in [5.41, 5.74) is 5.19. The van der Waals surface area contributed by atoms with E-state index in [0.29, 0.717) is 26.4 Å². The number of hydrogen-bond donors (Lipinski definition) is 2. The molecule has 0 saturated carbocycles. The number of alkyl carbamates (subject to hydrolysis) is 1. The SMILES string of the molecule is CCOC(=O)NCc1ccc(OCc2cccc(COc3ccc(C(C)(C)c4ccc(O)cc4)cc3)c2)cc1. The van der Waals surface area contributed by atoms with Crippen molar-refractivity contribution in [3.8, 4) is 17.2 Å². The Morgan fingerprint density at radius 3 is 1.79 bits per heavy atom. The van der Waals surface area contributed by atoms with E-state index in [1.807, 2.05) is 66.7 Å². The molecular formula is C33H35NO5. The van der Waals surface area contributed by atoms with E-state index in [-0.39, 0.29) is 11.2 Å². The number of phenols is 1. The summed E-state index contributed by atoms with van der Waals surface area (Å²) in [7, 11) is 0. The molecule has 1 amide bonds. The van der Waals surface area contributed by atoms with Gasteiger partial charge in [0.2, 0.25) is 0 Å². The molecule has 4 aromatic rings. The maximum Gasteiger partial charge on any atom is 0.407 e. The van der Waals surface area contributed by atoms with Crippen molar-refractivity contribution >= 4 is 6.09 Å². The summed E-state index contributed by atoms with van der Waals surface area (Å²) in [6.45, 7) is 7.75. The summed E-state index contributed by atoms with van der Waals surface area (Å²) >= 11 is 0. The second-order valence-corrected chi connectivity index (χ2v) is 9.81. The van der Waals surface area contributed by atoms with Crippen molar-refractivity contribution in [3.63, 3.8) is 0 Å². The van der Waals surface area contributed by atoms with Crippen LogP contribution in [-0.4, -0.2) is 17.8 Å². The number of amides is 1. The minimum atomic E-state index is -0.423. The lowest BCUT2D eigenvalue weighted by Gasteiger charge is -2.26. The van der Waals surface area contributed by atoms with Crippen LogP contribution >= 0.6 is 0 Å². The first-order chi connectivity index (χ1) is 18.8. The number of nitrogens with one attached hydrogen (secondary N) is 1. The normalized spacial score (nSPS) is 11.1. The van der Waals surface area contributed by atoms with Crippen LogP contribution in [0.15, 0.2) is 97.1 Å². The molecule has 6 heteroatoms. The van der Waals surface area contributed by atoms with Gasteiger partial charge < -0.3 is 24.6 Å². The van der Waals surface area contributed by atoms with Crippen LogP contribution in [0.4, 0.5) is 4.79 Å². The highest BCUT2D eigenvalue weighted by Crippen LogP contribution is 2.33. The monoisotopic (exact) mass is 525 g/mol. The van der Waals surface area contributed by atoms with Crippen molar-refractivity contribution in [2.24, 2.45) is 0 Å². The van der Waals surface area contributed by atoms with Gasteiger partial charge in [0.1, 0.15) is 30.5 Å². The summed E-state index contributed by atoms with van der Waals surface area (Å²) in [6, 6.07) is 31.3. The van der Waals surface area contributed by atoms with Crippen LogP contribution in [0.5, 0.6) is 17.2 Å². The molecule has 39 heavy (non-hydrogen) atoms. The van der Waals surface area contributed by atoms with Gasteiger partial charge in [-0.05, 0) is 77.2 Å². The van der Waals surface area contributed by atoms with Crippen molar-refractivity contribution < 1.29 is 24.1 Å². The predicted molar refractivity (Wildman–Crippen MR) is 152 cm³/mol. The second-order valence-electron chi connectivity index (χ2n) is 9.81. The molecule has 0 aromatic heterocycles. The molecule has 0 bridgehead atoms. The molecule has 0 aliphatic carbocycles. The van der Waals surface area contributed by atoms with E-state index in [0.717, 1.165) is 33.8 Å². The summed E-state index contributed by atoms with van der Waals surface area (Å²) in [4.78, 5) is 11.4. The van der Waals surface area contributed by atoms with Gasteiger partial charge >= 0.3 is 6.09 Å². The van der Waals surface area contributed by atoms with Gasteiger partial charge in [-0.2, -0.15) is 0 Å².